The van der Waals surface area contributed by atoms with E-state index in [0.717, 1.165) is 29.8 Å². The molecule has 96 valence electrons. The van der Waals surface area contributed by atoms with Crippen LogP contribution in [0.1, 0.15) is 47.8 Å². The van der Waals surface area contributed by atoms with Gasteiger partial charge in [-0.2, -0.15) is 0 Å². The molecule has 0 unspecified atom stereocenters. The number of amides is 1. The lowest BCUT2D eigenvalue weighted by molar-refractivity contribution is 0.0956. The fourth-order valence-corrected chi connectivity index (χ4v) is 3.12. The first-order chi connectivity index (χ1) is 8.29. The second-order valence-electron chi connectivity index (χ2n) is 3.99. The zero-order valence-electron chi connectivity index (χ0n) is 10.3. The highest BCUT2D eigenvalue weighted by molar-refractivity contribution is 14.1. The molecule has 0 aliphatic carbocycles. The minimum Gasteiger partial charge on any atom is -0.351 e. The molecule has 1 amide bonds. The molecule has 0 fully saturated rings. The summed E-state index contributed by atoms with van der Waals surface area (Å²) in [6, 6.07) is 2.04. The highest BCUT2D eigenvalue weighted by Crippen LogP contribution is 2.17. The number of unbranched alkanes of at least 4 members (excludes halogenated alkanes) is 3. The second kappa shape index (κ2) is 8.91. The molecule has 2 nitrogen and oxygen atoms in total. The predicted molar refractivity (Wildman–Crippen MR) is 83.4 cm³/mol. The zero-order chi connectivity index (χ0) is 12.5. The largest absolute Gasteiger partial charge is 0.351 e. The van der Waals surface area contributed by atoms with Gasteiger partial charge in [0.25, 0.3) is 5.91 Å². The van der Waals surface area contributed by atoms with Gasteiger partial charge in [0.15, 0.2) is 0 Å². The SMILES string of the molecule is CCc1ccsc1C(=O)NCCCCCCI. The van der Waals surface area contributed by atoms with E-state index in [1.807, 2.05) is 11.4 Å². The molecule has 0 atom stereocenters. The van der Waals surface area contributed by atoms with Crippen LogP contribution in [0, 0.1) is 0 Å². The fourth-order valence-electron chi connectivity index (χ4n) is 1.67. The smallest absolute Gasteiger partial charge is 0.261 e. The molecule has 0 aliphatic rings. The normalized spacial score (nSPS) is 10.5. The molecular formula is C13H20INOS. The summed E-state index contributed by atoms with van der Waals surface area (Å²) in [5.74, 6) is 0.103. The van der Waals surface area contributed by atoms with Crippen LogP contribution in [0.4, 0.5) is 0 Å². The Morgan fingerprint density at radius 3 is 2.82 bits per heavy atom. The third-order valence-corrected chi connectivity index (χ3v) is 4.40. The number of hydrogen-bond donors (Lipinski definition) is 1. The molecule has 1 aromatic rings. The van der Waals surface area contributed by atoms with Gasteiger partial charge in [-0.3, -0.25) is 4.79 Å². The third kappa shape index (κ3) is 5.38. The molecule has 0 saturated heterocycles. The molecule has 1 heterocycles. The van der Waals surface area contributed by atoms with Gasteiger partial charge < -0.3 is 5.32 Å². The summed E-state index contributed by atoms with van der Waals surface area (Å²) in [4.78, 5) is 12.8. The first-order valence-corrected chi connectivity index (χ1v) is 8.60. The summed E-state index contributed by atoms with van der Waals surface area (Å²) >= 11 is 3.95. The summed E-state index contributed by atoms with van der Waals surface area (Å²) in [6.45, 7) is 2.89. The van der Waals surface area contributed by atoms with E-state index in [1.165, 1.54) is 23.7 Å². The number of rotatable bonds is 8. The minimum atomic E-state index is 0.103. The van der Waals surface area contributed by atoms with Crippen molar-refractivity contribution in [2.75, 3.05) is 11.0 Å². The zero-order valence-corrected chi connectivity index (χ0v) is 13.3. The van der Waals surface area contributed by atoms with Gasteiger partial charge in [0, 0.05) is 6.54 Å². The van der Waals surface area contributed by atoms with E-state index in [2.05, 4.69) is 34.8 Å². The average Bonchev–Trinajstić information content (AvgIpc) is 2.81. The molecule has 17 heavy (non-hydrogen) atoms. The molecule has 0 aliphatic heterocycles. The molecule has 0 saturated carbocycles. The van der Waals surface area contributed by atoms with Gasteiger partial charge in [0.05, 0.1) is 4.88 Å². The molecular weight excluding hydrogens is 345 g/mol. The number of aryl methyl sites for hydroxylation is 1. The van der Waals surface area contributed by atoms with Crippen LogP contribution >= 0.6 is 33.9 Å². The average molecular weight is 365 g/mol. The minimum absolute atomic E-state index is 0.103. The van der Waals surface area contributed by atoms with Gasteiger partial charge in [0.2, 0.25) is 0 Å². The van der Waals surface area contributed by atoms with Crippen LogP contribution in [0.2, 0.25) is 0 Å². The highest BCUT2D eigenvalue weighted by Gasteiger charge is 2.10. The number of alkyl halides is 1. The van der Waals surface area contributed by atoms with E-state index >= 15 is 0 Å². The number of hydrogen-bond acceptors (Lipinski definition) is 2. The third-order valence-electron chi connectivity index (χ3n) is 2.68. The van der Waals surface area contributed by atoms with E-state index in [4.69, 9.17) is 0 Å². The highest BCUT2D eigenvalue weighted by atomic mass is 127. The quantitative estimate of drug-likeness (QED) is 0.421. The van der Waals surface area contributed by atoms with Crippen LogP contribution in [-0.4, -0.2) is 16.9 Å². The van der Waals surface area contributed by atoms with Crippen molar-refractivity contribution in [3.05, 3.63) is 21.9 Å². The molecule has 0 radical (unpaired) electrons. The van der Waals surface area contributed by atoms with Crippen LogP contribution in [0.5, 0.6) is 0 Å². The molecule has 4 heteroatoms. The van der Waals surface area contributed by atoms with Crippen molar-refractivity contribution in [3.63, 3.8) is 0 Å². The van der Waals surface area contributed by atoms with Crippen molar-refractivity contribution in [1.29, 1.82) is 0 Å². The standard InChI is InChI=1S/C13H20INOS/c1-2-11-7-10-17-12(11)13(16)15-9-6-4-3-5-8-14/h7,10H,2-6,8-9H2,1H3,(H,15,16). The Morgan fingerprint density at radius 1 is 1.35 bits per heavy atom. The lowest BCUT2D eigenvalue weighted by Crippen LogP contribution is -2.24. The molecule has 1 N–H and O–H groups in total. The topological polar surface area (TPSA) is 29.1 Å². The second-order valence-corrected chi connectivity index (χ2v) is 5.98. The summed E-state index contributed by atoms with van der Waals surface area (Å²) in [6.07, 6.45) is 5.81. The molecule has 0 spiro atoms. The van der Waals surface area contributed by atoms with Gasteiger partial charge >= 0.3 is 0 Å². The van der Waals surface area contributed by atoms with Crippen molar-refractivity contribution in [3.8, 4) is 0 Å². The molecule has 0 aromatic carbocycles. The number of carbonyl (C=O) groups is 1. The van der Waals surface area contributed by atoms with Gasteiger partial charge in [-0.05, 0) is 40.7 Å². The van der Waals surface area contributed by atoms with Crippen LogP contribution in [0.15, 0.2) is 11.4 Å². The Balaban J connectivity index is 2.21. The maximum absolute atomic E-state index is 11.9. The van der Waals surface area contributed by atoms with Crippen molar-refractivity contribution < 1.29 is 4.79 Å². The van der Waals surface area contributed by atoms with E-state index in [-0.39, 0.29) is 5.91 Å². The lowest BCUT2D eigenvalue weighted by atomic mass is 10.2. The summed E-state index contributed by atoms with van der Waals surface area (Å²) in [5.41, 5.74) is 1.16. The van der Waals surface area contributed by atoms with Crippen molar-refractivity contribution in [2.24, 2.45) is 0 Å². The van der Waals surface area contributed by atoms with E-state index < -0.39 is 0 Å². The van der Waals surface area contributed by atoms with Gasteiger partial charge in [-0.25, -0.2) is 0 Å². The number of nitrogens with one attached hydrogen (secondary N) is 1. The number of carbonyl (C=O) groups excluding carboxylic acids is 1. The summed E-state index contributed by atoms with van der Waals surface area (Å²) < 4.78 is 1.24. The van der Waals surface area contributed by atoms with Crippen molar-refractivity contribution in [1.82, 2.24) is 5.32 Å². The van der Waals surface area contributed by atoms with Crippen LogP contribution in [0.25, 0.3) is 0 Å². The van der Waals surface area contributed by atoms with E-state index in [0.29, 0.717) is 0 Å². The van der Waals surface area contributed by atoms with Crippen molar-refractivity contribution in [2.45, 2.75) is 39.0 Å². The number of thiophene rings is 1. The lowest BCUT2D eigenvalue weighted by Gasteiger charge is -2.05. The van der Waals surface area contributed by atoms with Crippen LogP contribution in [-0.2, 0) is 6.42 Å². The van der Waals surface area contributed by atoms with Crippen LogP contribution < -0.4 is 5.32 Å². The van der Waals surface area contributed by atoms with Gasteiger partial charge in [-0.15, -0.1) is 11.3 Å². The van der Waals surface area contributed by atoms with Gasteiger partial charge in [0.1, 0.15) is 0 Å². The van der Waals surface area contributed by atoms with E-state index in [1.54, 1.807) is 11.3 Å². The Kier molecular flexibility index (Phi) is 7.84. The maximum atomic E-state index is 11.9. The van der Waals surface area contributed by atoms with Gasteiger partial charge in [-0.1, -0.05) is 42.4 Å². The molecule has 1 aromatic heterocycles. The maximum Gasteiger partial charge on any atom is 0.261 e. The summed E-state index contributed by atoms with van der Waals surface area (Å²) in [5, 5.41) is 5.00. The Labute approximate surface area is 121 Å². The van der Waals surface area contributed by atoms with Crippen molar-refractivity contribution >= 4 is 39.8 Å². The Bertz CT molecular complexity index is 338. The summed E-state index contributed by atoms with van der Waals surface area (Å²) in [7, 11) is 0. The number of halogens is 1. The van der Waals surface area contributed by atoms with E-state index in [9.17, 15) is 4.79 Å². The Morgan fingerprint density at radius 2 is 2.12 bits per heavy atom. The fraction of sp³-hybridized carbons (Fsp3) is 0.615. The molecule has 1 rings (SSSR count). The first-order valence-electron chi connectivity index (χ1n) is 6.20. The predicted octanol–water partition coefficient (Wildman–Crippen LogP) is 4.04. The Hall–Kier alpha value is -0.100. The first kappa shape index (κ1) is 15.0. The monoisotopic (exact) mass is 365 g/mol. The van der Waals surface area contributed by atoms with Crippen LogP contribution in [0.3, 0.4) is 0 Å². The molecule has 0 bridgehead atoms.